The molecule has 1 heterocycles. The Morgan fingerprint density at radius 3 is 2.64 bits per heavy atom. The molecule has 0 aromatic carbocycles. The number of nitrogens with one attached hydrogen (secondary N) is 1. The summed E-state index contributed by atoms with van der Waals surface area (Å²) in [5.74, 6) is 1.32. The standard InChI is InChI=1S/C8H13NOS/c1-4-11-6-5-7(9)10-8(6,2)3/h5,9H,4H2,1-3H3. The molecule has 0 saturated heterocycles. The Kier molecular flexibility index (Phi) is 2.28. The molecule has 1 aliphatic rings. The Labute approximate surface area is 71.5 Å². The van der Waals surface area contributed by atoms with Crippen molar-refractivity contribution >= 4 is 17.7 Å². The van der Waals surface area contributed by atoms with Crippen molar-refractivity contribution in [3.05, 3.63) is 11.0 Å². The molecule has 1 rings (SSSR count). The fourth-order valence-corrected chi connectivity index (χ4v) is 1.91. The van der Waals surface area contributed by atoms with Crippen molar-refractivity contribution in [1.82, 2.24) is 0 Å². The quantitative estimate of drug-likeness (QED) is 0.692. The van der Waals surface area contributed by atoms with Gasteiger partial charge in [0.1, 0.15) is 5.60 Å². The van der Waals surface area contributed by atoms with Gasteiger partial charge in [-0.05, 0) is 19.6 Å². The summed E-state index contributed by atoms with van der Waals surface area (Å²) >= 11 is 1.74. The predicted molar refractivity (Wildman–Crippen MR) is 49.1 cm³/mol. The molecule has 0 atom stereocenters. The van der Waals surface area contributed by atoms with Crippen LogP contribution in [0.5, 0.6) is 0 Å². The van der Waals surface area contributed by atoms with Gasteiger partial charge in [0, 0.05) is 11.0 Å². The Morgan fingerprint density at radius 2 is 2.27 bits per heavy atom. The van der Waals surface area contributed by atoms with E-state index >= 15 is 0 Å². The molecule has 0 spiro atoms. The number of rotatable bonds is 2. The van der Waals surface area contributed by atoms with Crippen molar-refractivity contribution in [1.29, 1.82) is 5.41 Å². The van der Waals surface area contributed by atoms with Gasteiger partial charge in [-0.25, -0.2) is 0 Å². The van der Waals surface area contributed by atoms with E-state index in [4.69, 9.17) is 10.1 Å². The summed E-state index contributed by atoms with van der Waals surface area (Å²) < 4.78 is 5.28. The SMILES string of the molecule is CCSC1=CC(=N)OC1(C)C. The Bertz CT molecular complexity index is 208. The molecule has 1 N–H and O–H groups in total. The second kappa shape index (κ2) is 2.89. The first-order valence-corrected chi connectivity index (χ1v) is 4.67. The van der Waals surface area contributed by atoms with Gasteiger partial charge >= 0.3 is 0 Å². The lowest BCUT2D eigenvalue weighted by molar-refractivity contribution is 0.157. The molecule has 11 heavy (non-hydrogen) atoms. The molecular weight excluding hydrogens is 158 g/mol. The van der Waals surface area contributed by atoms with E-state index in [-0.39, 0.29) is 11.5 Å². The zero-order valence-corrected chi connectivity index (χ0v) is 7.92. The van der Waals surface area contributed by atoms with Crippen LogP contribution in [0.2, 0.25) is 0 Å². The Hall–Kier alpha value is -0.440. The molecule has 1 aliphatic heterocycles. The molecule has 2 nitrogen and oxygen atoms in total. The lowest BCUT2D eigenvalue weighted by Crippen LogP contribution is -2.21. The number of ether oxygens (including phenoxy) is 1. The molecule has 0 radical (unpaired) electrons. The first-order valence-electron chi connectivity index (χ1n) is 3.69. The van der Waals surface area contributed by atoms with Gasteiger partial charge in [0.2, 0.25) is 5.90 Å². The van der Waals surface area contributed by atoms with Gasteiger partial charge in [0.15, 0.2) is 0 Å². The fraction of sp³-hybridized carbons (Fsp3) is 0.625. The largest absolute Gasteiger partial charge is 0.467 e. The Morgan fingerprint density at radius 1 is 1.64 bits per heavy atom. The van der Waals surface area contributed by atoms with Gasteiger partial charge in [-0.15, -0.1) is 11.8 Å². The van der Waals surface area contributed by atoms with Crippen molar-refractivity contribution in [3.8, 4) is 0 Å². The van der Waals surface area contributed by atoms with Crippen molar-refractivity contribution in [2.45, 2.75) is 26.4 Å². The molecule has 0 amide bonds. The average Bonchev–Trinajstić information content (AvgIpc) is 2.07. The molecule has 0 unspecified atom stereocenters. The maximum atomic E-state index is 7.30. The lowest BCUT2D eigenvalue weighted by atomic mass is 10.1. The number of thioether (sulfide) groups is 1. The minimum Gasteiger partial charge on any atom is -0.467 e. The molecule has 0 aromatic rings. The van der Waals surface area contributed by atoms with Crippen LogP contribution in [0, 0.1) is 5.41 Å². The third kappa shape index (κ3) is 1.77. The highest BCUT2D eigenvalue weighted by Crippen LogP contribution is 2.35. The van der Waals surface area contributed by atoms with Crippen molar-refractivity contribution < 1.29 is 4.74 Å². The molecule has 3 heteroatoms. The molecule has 0 fully saturated rings. The van der Waals surface area contributed by atoms with E-state index in [1.54, 1.807) is 17.8 Å². The first-order chi connectivity index (χ1) is 5.06. The molecular formula is C8H13NOS. The van der Waals surface area contributed by atoms with Crippen LogP contribution in [0.4, 0.5) is 0 Å². The van der Waals surface area contributed by atoms with Crippen LogP contribution in [-0.2, 0) is 4.74 Å². The van der Waals surface area contributed by atoms with E-state index in [2.05, 4.69) is 6.92 Å². The summed E-state index contributed by atoms with van der Waals surface area (Å²) in [4.78, 5) is 1.16. The van der Waals surface area contributed by atoms with E-state index < -0.39 is 0 Å². The zero-order chi connectivity index (χ0) is 8.48. The molecule has 0 saturated carbocycles. The third-order valence-electron chi connectivity index (χ3n) is 1.52. The molecule has 62 valence electrons. The van der Waals surface area contributed by atoms with E-state index in [1.807, 2.05) is 13.8 Å². The maximum absolute atomic E-state index is 7.30. The number of hydrogen-bond donors (Lipinski definition) is 1. The van der Waals surface area contributed by atoms with Crippen LogP contribution in [0.1, 0.15) is 20.8 Å². The molecule has 0 aromatic heterocycles. The van der Waals surface area contributed by atoms with E-state index in [9.17, 15) is 0 Å². The van der Waals surface area contributed by atoms with Crippen molar-refractivity contribution in [2.24, 2.45) is 0 Å². The highest BCUT2D eigenvalue weighted by molar-refractivity contribution is 8.03. The number of hydrogen-bond acceptors (Lipinski definition) is 3. The molecule has 0 bridgehead atoms. The highest BCUT2D eigenvalue weighted by atomic mass is 32.2. The fourth-order valence-electron chi connectivity index (χ4n) is 1.02. The summed E-state index contributed by atoms with van der Waals surface area (Å²) in [5.41, 5.74) is -0.266. The van der Waals surface area contributed by atoms with Crippen LogP contribution < -0.4 is 0 Å². The van der Waals surface area contributed by atoms with Crippen LogP contribution in [0.15, 0.2) is 11.0 Å². The van der Waals surface area contributed by atoms with Crippen LogP contribution in [0.3, 0.4) is 0 Å². The summed E-state index contributed by atoms with van der Waals surface area (Å²) in [6.45, 7) is 6.08. The average molecular weight is 171 g/mol. The predicted octanol–water partition coefficient (Wildman–Crippen LogP) is 2.41. The van der Waals surface area contributed by atoms with Crippen LogP contribution in [-0.4, -0.2) is 17.3 Å². The topological polar surface area (TPSA) is 33.1 Å². The maximum Gasteiger partial charge on any atom is 0.207 e. The van der Waals surface area contributed by atoms with Gasteiger partial charge in [-0.1, -0.05) is 6.92 Å². The normalized spacial score (nSPS) is 21.4. The minimum absolute atomic E-state index is 0.266. The first kappa shape index (κ1) is 8.65. The van der Waals surface area contributed by atoms with E-state index in [1.165, 1.54) is 0 Å². The van der Waals surface area contributed by atoms with Gasteiger partial charge in [0.05, 0.1) is 0 Å². The monoisotopic (exact) mass is 171 g/mol. The molecule has 0 aliphatic carbocycles. The second-order valence-corrected chi connectivity index (χ2v) is 4.22. The van der Waals surface area contributed by atoms with Crippen molar-refractivity contribution in [3.63, 3.8) is 0 Å². The van der Waals surface area contributed by atoms with Crippen molar-refractivity contribution in [2.75, 3.05) is 5.75 Å². The van der Waals surface area contributed by atoms with Gasteiger partial charge in [0.25, 0.3) is 0 Å². The van der Waals surface area contributed by atoms with E-state index in [0.29, 0.717) is 0 Å². The summed E-state index contributed by atoms with van der Waals surface area (Å²) in [7, 11) is 0. The highest BCUT2D eigenvalue weighted by Gasteiger charge is 2.31. The lowest BCUT2D eigenvalue weighted by Gasteiger charge is -2.20. The second-order valence-electron chi connectivity index (χ2n) is 2.92. The van der Waals surface area contributed by atoms with Gasteiger partial charge in [-0.2, -0.15) is 0 Å². The van der Waals surface area contributed by atoms with Gasteiger partial charge < -0.3 is 4.74 Å². The summed E-state index contributed by atoms with van der Waals surface area (Å²) in [6.07, 6.45) is 1.80. The minimum atomic E-state index is -0.266. The zero-order valence-electron chi connectivity index (χ0n) is 7.10. The third-order valence-corrected chi connectivity index (χ3v) is 2.73. The van der Waals surface area contributed by atoms with Crippen LogP contribution in [0.25, 0.3) is 0 Å². The van der Waals surface area contributed by atoms with Crippen LogP contribution >= 0.6 is 11.8 Å². The van der Waals surface area contributed by atoms with E-state index in [0.717, 1.165) is 10.7 Å². The summed E-state index contributed by atoms with van der Waals surface area (Å²) in [5, 5.41) is 7.30. The summed E-state index contributed by atoms with van der Waals surface area (Å²) in [6, 6.07) is 0. The Balaban J connectivity index is 2.75. The van der Waals surface area contributed by atoms with Gasteiger partial charge in [-0.3, -0.25) is 5.41 Å². The smallest absolute Gasteiger partial charge is 0.207 e.